The third kappa shape index (κ3) is 2.61. The van der Waals surface area contributed by atoms with Crippen LogP contribution in [0.5, 0.6) is 23.4 Å². The van der Waals surface area contributed by atoms with Crippen molar-refractivity contribution in [1.82, 2.24) is 15.2 Å². The summed E-state index contributed by atoms with van der Waals surface area (Å²) in [5.41, 5.74) is 3.14. The van der Waals surface area contributed by atoms with Gasteiger partial charge in [0, 0.05) is 17.3 Å². The second kappa shape index (κ2) is 6.07. The quantitative estimate of drug-likeness (QED) is 0.646. The van der Waals surface area contributed by atoms with Crippen LogP contribution in [0.1, 0.15) is 17.4 Å². The number of aromatic nitrogens is 3. The molecule has 3 aromatic rings. The van der Waals surface area contributed by atoms with Crippen LogP contribution in [0.25, 0.3) is 11.3 Å². The smallest absolute Gasteiger partial charge is 0.338 e. The van der Waals surface area contributed by atoms with Gasteiger partial charge in [-0.1, -0.05) is 23.3 Å². The summed E-state index contributed by atoms with van der Waals surface area (Å²) in [5, 5.41) is 31.4. The molecule has 132 valence electrons. The van der Waals surface area contributed by atoms with Gasteiger partial charge in [0.1, 0.15) is 11.5 Å². The van der Waals surface area contributed by atoms with Crippen molar-refractivity contribution in [3.63, 3.8) is 0 Å². The number of rotatable bonds is 2. The fraction of sp³-hybridized carbons (Fsp3) is 0.167. The van der Waals surface area contributed by atoms with Crippen molar-refractivity contribution in [2.24, 2.45) is 0 Å². The lowest BCUT2D eigenvalue weighted by Gasteiger charge is -2.22. The summed E-state index contributed by atoms with van der Waals surface area (Å²) in [5.74, 6) is 0.116. The molecule has 0 saturated carbocycles. The van der Waals surface area contributed by atoms with Crippen LogP contribution < -0.4 is 14.8 Å². The maximum absolute atomic E-state index is 10.4. The number of benzene rings is 2. The first kappa shape index (κ1) is 15.9. The molecule has 1 aliphatic heterocycles. The van der Waals surface area contributed by atoms with Crippen LogP contribution in [-0.2, 0) is 0 Å². The fourth-order valence-corrected chi connectivity index (χ4v) is 2.97. The van der Waals surface area contributed by atoms with Crippen LogP contribution in [0.2, 0.25) is 0 Å². The highest BCUT2D eigenvalue weighted by Gasteiger charge is 2.29. The Hall–Kier alpha value is -3.55. The third-order valence-electron chi connectivity index (χ3n) is 4.13. The molecule has 2 aromatic carbocycles. The van der Waals surface area contributed by atoms with Gasteiger partial charge in [-0.05, 0) is 24.6 Å². The molecule has 0 bridgehead atoms. The van der Waals surface area contributed by atoms with E-state index < -0.39 is 6.23 Å². The second-order valence-corrected chi connectivity index (χ2v) is 5.84. The Morgan fingerprint density at radius 1 is 1.15 bits per heavy atom. The molecule has 0 saturated heterocycles. The molecule has 3 N–H and O–H groups in total. The van der Waals surface area contributed by atoms with E-state index in [1.165, 1.54) is 13.2 Å². The number of ether oxygens (including phenoxy) is 2. The molecule has 1 aliphatic rings. The van der Waals surface area contributed by atoms with Crippen molar-refractivity contribution in [2.75, 3.05) is 12.4 Å². The van der Waals surface area contributed by atoms with Crippen molar-refractivity contribution in [3.8, 4) is 34.6 Å². The van der Waals surface area contributed by atoms with Crippen molar-refractivity contribution in [2.45, 2.75) is 13.2 Å². The van der Waals surface area contributed by atoms with Crippen molar-refractivity contribution in [3.05, 3.63) is 47.5 Å². The summed E-state index contributed by atoms with van der Waals surface area (Å²) in [6.45, 7) is 1.77. The van der Waals surface area contributed by atoms with Crippen molar-refractivity contribution in [1.29, 1.82) is 0 Å². The van der Waals surface area contributed by atoms with Crippen LogP contribution in [0, 0.1) is 6.92 Å². The highest BCUT2D eigenvalue weighted by Crippen LogP contribution is 2.42. The number of hydrogen-bond acceptors (Lipinski definition) is 8. The molecular formula is C18H16N4O4. The highest BCUT2D eigenvalue weighted by atomic mass is 16.5. The van der Waals surface area contributed by atoms with E-state index in [-0.39, 0.29) is 23.4 Å². The minimum atomic E-state index is -0.751. The van der Waals surface area contributed by atoms with Gasteiger partial charge in [0.25, 0.3) is 0 Å². The van der Waals surface area contributed by atoms with Gasteiger partial charge in [0.05, 0.1) is 12.7 Å². The Bertz CT molecular complexity index is 970. The SMILES string of the molecule is COc1nnc2c(n1)OC(c1c(C)cc(O)cc1O)Nc1ccccc1-2. The fourth-order valence-electron chi connectivity index (χ4n) is 2.97. The van der Waals surface area contributed by atoms with E-state index in [1.807, 2.05) is 24.3 Å². The molecule has 0 radical (unpaired) electrons. The molecule has 1 atom stereocenters. The summed E-state index contributed by atoms with van der Waals surface area (Å²) < 4.78 is 11.1. The minimum Gasteiger partial charge on any atom is -0.508 e. The van der Waals surface area contributed by atoms with E-state index in [9.17, 15) is 10.2 Å². The Kier molecular flexibility index (Phi) is 3.72. The zero-order chi connectivity index (χ0) is 18.3. The Morgan fingerprint density at radius 2 is 1.96 bits per heavy atom. The number of aromatic hydroxyl groups is 2. The number of hydrogen-bond donors (Lipinski definition) is 3. The Balaban J connectivity index is 1.90. The second-order valence-electron chi connectivity index (χ2n) is 5.84. The third-order valence-corrected chi connectivity index (χ3v) is 4.13. The number of methoxy groups -OCH3 is 1. The lowest BCUT2D eigenvalue weighted by atomic mass is 10.0. The molecule has 0 fully saturated rings. The Labute approximate surface area is 149 Å². The number of nitrogens with one attached hydrogen (secondary N) is 1. The number of nitrogens with zero attached hydrogens (tertiary/aromatic N) is 3. The molecule has 0 amide bonds. The summed E-state index contributed by atoms with van der Waals surface area (Å²) in [4.78, 5) is 4.25. The van der Waals surface area contributed by atoms with Crippen LogP contribution >= 0.6 is 0 Å². The van der Waals surface area contributed by atoms with Crippen LogP contribution in [0.15, 0.2) is 36.4 Å². The van der Waals surface area contributed by atoms with Gasteiger partial charge in [-0.3, -0.25) is 0 Å². The lowest BCUT2D eigenvalue weighted by Crippen LogP contribution is -2.18. The number of aryl methyl sites for hydroxylation is 1. The number of fused-ring (bicyclic) bond motifs is 3. The van der Waals surface area contributed by atoms with Crippen LogP contribution in [-0.4, -0.2) is 32.5 Å². The zero-order valence-corrected chi connectivity index (χ0v) is 14.1. The molecule has 0 aliphatic carbocycles. The first-order valence-electron chi connectivity index (χ1n) is 7.90. The predicted octanol–water partition coefficient (Wildman–Crippen LogP) is 2.77. The minimum absolute atomic E-state index is 0.0242. The monoisotopic (exact) mass is 352 g/mol. The van der Waals surface area contributed by atoms with Gasteiger partial charge < -0.3 is 25.0 Å². The maximum Gasteiger partial charge on any atom is 0.338 e. The summed E-state index contributed by atoms with van der Waals surface area (Å²) in [7, 11) is 1.44. The van der Waals surface area contributed by atoms with E-state index in [1.54, 1.807) is 13.0 Å². The molecule has 1 unspecified atom stereocenters. The topological polar surface area (TPSA) is 110 Å². The summed E-state index contributed by atoms with van der Waals surface area (Å²) in [6.07, 6.45) is -0.751. The van der Waals surface area contributed by atoms with Gasteiger partial charge in [0.15, 0.2) is 5.69 Å². The van der Waals surface area contributed by atoms with Gasteiger partial charge in [-0.2, -0.15) is 4.98 Å². The number of anilines is 1. The molecule has 8 heteroatoms. The average molecular weight is 352 g/mol. The molecular weight excluding hydrogens is 336 g/mol. The van der Waals surface area contributed by atoms with Crippen LogP contribution in [0.4, 0.5) is 5.69 Å². The number of para-hydroxylation sites is 1. The maximum atomic E-state index is 10.4. The van der Waals surface area contributed by atoms with E-state index >= 15 is 0 Å². The van der Waals surface area contributed by atoms with E-state index in [4.69, 9.17) is 9.47 Å². The van der Waals surface area contributed by atoms with Crippen LogP contribution in [0.3, 0.4) is 0 Å². The van der Waals surface area contributed by atoms with E-state index in [0.29, 0.717) is 16.8 Å². The Morgan fingerprint density at radius 3 is 2.73 bits per heavy atom. The highest BCUT2D eigenvalue weighted by molar-refractivity contribution is 5.79. The van der Waals surface area contributed by atoms with Gasteiger partial charge >= 0.3 is 6.01 Å². The normalized spacial score (nSPS) is 15.1. The first-order chi connectivity index (χ1) is 12.6. The van der Waals surface area contributed by atoms with Gasteiger partial charge in [-0.15, -0.1) is 5.10 Å². The van der Waals surface area contributed by atoms with Crippen molar-refractivity contribution >= 4 is 5.69 Å². The number of phenols is 2. The predicted molar refractivity (Wildman–Crippen MR) is 93.3 cm³/mol. The summed E-state index contributed by atoms with van der Waals surface area (Å²) >= 11 is 0. The summed E-state index contributed by atoms with van der Waals surface area (Å²) in [6, 6.07) is 10.4. The first-order valence-corrected chi connectivity index (χ1v) is 7.90. The van der Waals surface area contributed by atoms with Gasteiger partial charge in [0.2, 0.25) is 12.1 Å². The standard InChI is InChI=1S/C18H16N4O4/c1-9-7-10(23)8-13(24)14(9)16-19-12-6-4-3-5-11(12)15-17(26-16)20-18(25-2)22-21-15/h3-8,16,19,23-24H,1-2H3. The van der Waals surface area contributed by atoms with Gasteiger partial charge in [-0.25, -0.2) is 0 Å². The number of phenolic OH excluding ortho intramolecular Hbond substituents is 2. The van der Waals surface area contributed by atoms with Crippen molar-refractivity contribution < 1.29 is 19.7 Å². The lowest BCUT2D eigenvalue weighted by molar-refractivity contribution is 0.217. The molecule has 26 heavy (non-hydrogen) atoms. The average Bonchev–Trinajstić information content (AvgIpc) is 2.76. The van der Waals surface area contributed by atoms with E-state index in [2.05, 4.69) is 20.5 Å². The van der Waals surface area contributed by atoms with E-state index in [0.717, 1.165) is 11.3 Å². The molecule has 2 heterocycles. The molecule has 0 spiro atoms. The molecule has 1 aromatic heterocycles. The largest absolute Gasteiger partial charge is 0.508 e. The molecule has 8 nitrogen and oxygen atoms in total. The molecule has 4 rings (SSSR count). The zero-order valence-electron chi connectivity index (χ0n) is 14.1.